The van der Waals surface area contributed by atoms with Gasteiger partial charge in [0.05, 0.1) is 10.9 Å². The summed E-state index contributed by atoms with van der Waals surface area (Å²) in [5.74, 6) is 0.0808. The largest absolute Gasteiger partial charge is 0.323 e. The lowest BCUT2D eigenvalue weighted by atomic mass is 10.2. The third-order valence-electron chi connectivity index (χ3n) is 3.29. The minimum Gasteiger partial charge on any atom is -0.323 e. The number of benzene rings is 1. The molecule has 1 aromatic carbocycles. The lowest BCUT2D eigenvalue weighted by Gasteiger charge is -2.02. The van der Waals surface area contributed by atoms with Gasteiger partial charge < -0.3 is 5.32 Å². The Morgan fingerprint density at radius 2 is 2.19 bits per heavy atom. The van der Waals surface area contributed by atoms with Crippen LogP contribution in [0.5, 0.6) is 0 Å². The van der Waals surface area contributed by atoms with Crippen LogP contribution in [0.1, 0.15) is 5.69 Å². The maximum absolute atomic E-state index is 14.1. The molecule has 0 saturated heterocycles. The van der Waals surface area contributed by atoms with Crippen molar-refractivity contribution >= 4 is 28.2 Å². The lowest BCUT2D eigenvalue weighted by molar-refractivity contribution is 0.640. The molecule has 0 aliphatic heterocycles. The van der Waals surface area contributed by atoms with E-state index in [9.17, 15) is 4.39 Å². The highest BCUT2D eigenvalue weighted by Gasteiger charge is 2.11. The minimum atomic E-state index is -0.329. The summed E-state index contributed by atoms with van der Waals surface area (Å²) in [5, 5.41) is 14.6. The number of aromatic nitrogens is 5. The topological polar surface area (TPSA) is 70.9 Å². The molecule has 7 heteroatoms. The zero-order valence-electron chi connectivity index (χ0n) is 11.1. The zero-order chi connectivity index (χ0) is 14.4. The van der Waals surface area contributed by atoms with Crippen molar-refractivity contribution in [3.63, 3.8) is 0 Å². The summed E-state index contributed by atoms with van der Waals surface area (Å²) in [4.78, 5) is 4.31. The second-order valence-electron chi connectivity index (χ2n) is 4.76. The Bertz CT molecular complexity index is 922. The molecule has 4 aromatic rings. The van der Waals surface area contributed by atoms with E-state index in [1.807, 2.05) is 18.2 Å². The van der Waals surface area contributed by atoms with Gasteiger partial charge in [-0.1, -0.05) is 6.07 Å². The number of aryl methyl sites for hydroxylation is 1. The lowest BCUT2D eigenvalue weighted by Crippen LogP contribution is -1.94. The van der Waals surface area contributed by atoms with Gasteiger partial charge in [0.2, 0.25) is 5.95 Å². The van der Waals surface area contributed by atoms with Crippen LogP contribution in [0.25, 0.3) is 16.6 Å². The molecular formula is C14H11FN6. The predicted octanol–water partition coefficient (Wildman–Crippen LogP) is 2.80. The molecular weight excluding hydrogens is 271 g/mol. The molecule has 0 spiro atoms. The van der Waals surface area contributed by atoms with Gasteiger partial charge in [0.15, 0.2) is 5.65 Å². The van der Waals surface area contributed by atoms with Crippen molar-refractivity contribution in [2.45, 2.75) is 6.92 Å². The van der Waals surface area contributed by atoms with Crippen molar-refractivity contribution in [1.29, 1.82) is 0 Å². The first-order chi connectivity index (χ1) is 10.2. The molecule has 0 amide bonds. The van der Waals surface area contributed by atoms with Gasteiger partial charge in [-0.25, -0.2) is 8.91 Å². The van der Waals surface area contributed by atoms with Gasteiger partial charge in [0.25, 0.3) is 0 Å². The van der Waals surface area contributed by atoms with Crippen molar-refractivity contribution < 1.29 is 4.39 Å². The quantitative estimate of drug-likeness (QED) is 0.593. The third-order valence-corrected chi connectivity index (χ3v) is 3.29. The summed E-state index contributed by atoms with van der Waals surface area (Å²) in [6, 6.07) is 8.76. The third kappa shape index (κ3) is 1.90. The maximum atomic E-state index is 14.1. The summed E-state index contributed by atoms with van der Waals surface area (Å²) in [5.41, 5.74) is 2.55. The number of rotatable bonds is 2. The van der Waals surface area contributed by atoms with Crippen LogP contribution >= 0.6 is 0 Å². The number of nitrogens with one attached hydrogen (secondary N) is 2. The molecule has 4 rings (SSSR count). The molecule has 0 saturated carbocycles. The number of pyridine rings is 1. The maximum Gasteiger partial charge on any atom is 0.247 e. The average molecular weight is 282 g/mol. The Labute approximate surface area is 118 Å². The predicted molar refractivity (Wildman–Crippen MR) is 77.1 cm³/mol. The SMILES string of the molecule is Cc1[nH]nc2cc(Nc3nc4ccccn4n3)cc(F)c12. The number of fused-ring (bicyclic) bond motifs is 2. The highest BCUT2D eigenvalue weighted by atomic mass is 19.1. The first kappa shape index (κ1) is 11.8. The normalized spacial score (nSPS) is 11.3. The van der Waals surface area contributed by atoms with Crippen LogP contribution in [-0.4, -0.2) is 24.8 Å². The van der Waals surface area contributed by atoms with Gasteiger partial charge in [-0.15, -0.1) is 5.10 Å². The van der Waals surface area contributed by atoms with Gasteiger partial charge in [-0.2, -0.15) is 10.1 Å². The van der Waals surface area contributed by atoms with Crippen LogP contribution in [0, 0.1) is 12.7 Å². The van der Waals surface area contributed by atoms with Gasteiger partial charge in [0, 0.05) is 17.6 Å². The number of halogens is 1. The van der Waals surface area contributed by atoms with Crippen LogP contribution in [0.2, 0.25) is 0 Å². The van der Waals surface area contributed by atoms with Crippen LogP contribution in [-0.2, 0) is 0 Å². The molecule has 0 radical (unpaired) electrons. The van der Waals surface area contributed by atoms with Crippen LogP contribution in [0.4, 0.5) is 16.0 Å². The van der Waals surface area contributed by atoms with E-state index in [0.717, 1.165) is 5.65 Å². The Morgan fingerprint density at radius 1 is 1.29 bits per heavy atom. The van der Waals surface area contributed by atoms with Gasteiger partial charge >= 0.3 is 0 Å². The summed E-state index contributed by atoms with van der Waals surface area (Å²) >= 11 is 0. The number of anilines is 2. The van der Waals surface area contributed by atoms with Crippen molar-refractivity contribution in [3.05, 3.63) is 48.0 Å². The fourth-order valence-corrected chi connectivity index (χ4v) is 2.34. The molecule has 3 aromatic heterocycles. The minimum absolute atomic E-state index is 0.329. The van der Waals surface area contributed by atoms with Gasteiger partial charge in [-0.05, 0) is 31.2 Å². The highest BCUT2D eigenvalue weighted by molar-refractivity contribution is 5.85. The fourth-order valence-electron chi connectivity index (χ4n) is 2.34. The molecule has 2 N–H and O–H groups in total. The summed E-state index contributed by atoms with van der Waals surface area (Å²) in [6.07, 6.45) is 1.80. The first-order valence-electron chi connectivity index (χ1n) is 6.43. The van der Waals surface area contributed by atoms with E-state index >= 15 is 0 Å². The second kappa shape index (κ2) is 4.27. The van der Waals surface area contributed by atoms with E-state index in [-0.39, 0.29) is 5.82 Å². The molecule has 6 nitrogen and oxygen atoms in total. The monoisotopic (exact) mass is 282 g/mol. The number of aromatic amines is 1. The summed E-state index contributed by atoms with van der Waals surface area (Å²) in [6.45, 7) is 1.79. The molecule has 0 bridgehead atoms. The number of hydrogen-bond donors (Lipinski definition) is 2. The first-order valence-corrected chi connectivity index (χ1v) is 6.43. The second-order valence-corrected chi connectivity index (χ2v) is 4.76. The molecule has 3 heterocycles. The van der Waals surface area contributed by atoms with Gasteiger partial charge in [0.1, 0.15) is 5.82 Å². The zero-order valence-corrected chi connectivity index (χ0v) is 11.1. The molecule has 0 aliphatic rings. The standard InChI is InChI=1S/C14H11FN6/c1-8-13-10(15)6-9(7-11(13)19-18-8)16-14-17-12-4-2-3-5-21(12)20-14/h2-7H,1H3,(H,16,20)(H,18,19). The Balaban J connectivity index is 1.76. The Hall–Kier alpha value is -2.96. The van der Waals surface area contributed by atoms with E-state index in [2.05, 4.69) is 25.6 Å². The molecule has 0 aliphatic carbocycles. The van der Waals surface area contributed by atoms with Crippen molar-refractivity contribution in [2.75, 3.05) is 5.32 Å². The summed E-state index contributed by atoms with van der Waals surface area (Å²) in [7, 11) is 0. The van der Waals surface area contributed by atoms with Crippen molar-refractivity contribution in [1.82, 2.24) is 24.8 Å². The van der Waals surface area contributed by atoms with Crippen LogP contribution in [0.15, 0.2) is 36.5 Å². The Morgan fingerprint density at radius 3 is 3.05 bits per heavy atom. The smallest absolute Gasteiger partial charge is 0.247 e. The Kier molecular flexibility index (Phi) is 2.41. The number of hydrogen-bond acceptors (Lipinski definition) is 4. The number of nitrogens with zero attached hydrogens (tertiary/aromatic N) is 4. The molecule has 0 fully saturated rings. The van der Waals surface area contributed by atoms with Crippen molar-refractivity contribution in [3.8, 4) is 0 Å². The summed E-state index contributed by atoms with van der Waals surface area (Å²) < 4.78 is 15.8. The fraction of sp³-hybridized carbons (Fsp3) is 0.0714. The number of H-pyrrole nitrogens is 1. The highest BCUT2D eigenvalue weighted by Crippen LogP contribution is 2.25. The van der Waals surface area contributed by atoms with Crippen molar-refractivity contribution in [2.24, 2.45) is 0 Å². The molecule has 21 heavy (non-hydrogen) atoms. The van der Waals surface area contributed by atoms with E-state index in [1.165, 1.54) is 6.07 Å². The molecule has 0 atom stereocenters. The van der Waals surface area contributed by atoms with Crippen LogP contribution in [0.3, 0.4) is 0 Å². The van der Waals surface area contributed by atoms with E-state index < -0.39 is 0 Å². The van der Waals surface area contributed by atoms with Crippen LogP contribution < -0.4 is 5.32 Å². The van der Waals surface area contributed by atoms with E-state index in [1.54, 1.807) is 23.7 Å². The van der Waals surface area contributed by atoms with E-state index in [4.69, 9.17) is 0 Å². The molecule has 0 unspecified atom stereocenters. The average Bonchev–Trinajstić information content (AvgIpc) is 3.02. The van der Waals surface area contributed by atoms with Gasteiger partial charge in [-0.3, -0.25) is 5.10 Å². The van der Waals surface area contributed by atoms with E-state index in [0.29, 0.717) is 28.2 Å². The molecule has 104 valence electrons.